The molecule has 0 aliphatic carbocycles. The van der Waals surface area contributed by atoms with E-state index in [2.05, 4.69) is 0 Å². The Morgan fingerprint density at radius 2 is 1.81 bits per heavy atom. The minimum absolute atomic E-state index is 0.311. The van der Waals surface area contributed by atoms with E-state index in [1.165, 1.54) is 0 Å². The molecule has 0 bridgehead atoms. The van der Waals surface area contributed by atoms with Crippen LogP contribution in [-0.4, -0.2) is 12.8 Å². The highest BCUT2D eigenvalue weighted by Crippen LogP contribution is 2.22. The normalized spacial score (nSPS) is 10.3. The minimum Gasteiger partial charge on any atom is -0.434 e. The van der Waals surface area contributed by atoms with Crippen LogP contribution in [0.15, 0.2) is 18.2 Å². The zero-order valence-electron chi connectivity index (χ0n) is 10.2. The molecule has 0 heterocycles. The van der Waals surface area contributed by atoms with Gasteiger partial charge in [0.05, 0.1) is 6.61 Å². The Bertz CT molecular complexity index is 349. The number of aryl methyl sites for hydroxylation is 2. The SMILES string of the molecule is Cc1cccc(C)c1OC(=O)OCC(C)C. The number of carbonyl (C=O) groups excluding carboxylic acids is 1. The summed E-state index contributed by atoms with van der Waals surface area (Å²) in [7, 11) is 0. The molecule has 88 valence electrons. The van der Waals surface area contributed by atoms with E-state index in [1.54, 1.807) is 0 Å². The summed E-state index contributed by atoms with van der Waals surface area (Å²) in [5, 5.41) is 0. The molecule has 1 aromatic rings. The van der Waals surface area contributed by atoms with Gasteiger partial charge in [0.1, 0.15) is 5.75 Å². The standard InChI is InChI=1S/C13H18O3/c1-9(2)8-15-13(14)16-12-10(3)6-5-7-11(12)4/h5-7,9H,8H2,1-4H3. The molecule has 0 aromatic heterocycles. The van der Waals surface area contributed by atoms with Crippen molar-refractivity contribution in [2.75, 3.05) is 6.61 Å². The van der Waals surface area contributed by atoms with Gasteiger partial charge in [-0.3, -0.25) is 0 Å². The first kappa shape index (κ1) is 12.6. The summed E-state index contributed by atoms with van der Waals surface area (Å²) >= 11 is 0. The van der Waals surface area contributed by atoms with Crippen molar-refractivity contribution < 1.29 is 14.3 Å². The molecule has 0 N–H and O–H groups in total. The first-order valence-corrected chi connectivity index (χ1v) is 5.41. The van der Waals surface area contributed by atoms with E-state index in [-0.39, 0.29) is 0 Å². The third kappa shape index (κ3) is 3.57. The maximum Gasteiger partial charge on any atom is 0.513 e. The Morgan fingerprint density at radius 1 is 1.25 bits per heavy atom. The Balaban J connectivity index is 2.63. The van der Waals surface area contributed by atoms with E-state index in [0.717, 1.165) is 11.1 Å². The lowest BCUT2D eigenvalue weighted by atomic mass is 10.1. The summed E-state index contributed by atoms with van der Waals surface area (Å²) in [5.74, 6) is 0.904. The first-order chi connectivity index (χ1) is 7.50. The van der Waals surface area contributed by atoms with E-state index < -0.39 is 6.16 Å². The van der Waals surface area contributed by atoms with Crippen LogP contribution in [0.3, 0.4) is 0 Å². The van der Waals surface area contributed by atoms with Crippen LogP contribution >= 0.6 is 0 Å². The van der Waals surface area contributed by atoms with Crippen LogP contribution in [-0.2, 0) is 4.74 Å². The fraction of sp³-hybridized carbons (Fsp3) is 0.462. The number of ether oxygens (including phenoxy) is 2. The molecule has 1 aromatic carbocycles. The summed E-state index contributed by atoms with van der Waals surface area (Å²) in [5.41, 5.74) is 1.86. The molecular formula is C13H18O3. The topological polar surface area (TPSA) is 35.5 Å². The molecule has 0 radical (unpaired) electrons. The lowest BCUT2D eigenvalue weighted by Gasteiger charge is -2.11. The highest BCUT2D eigenvalue weighted by molar-refractivity contribution is 5.65. The predicted octanol–water partition coefficient (Wildman–Crippen LogP) is 3.47. The average molecular weight is 222 g/mol. The fourth-order valence-electron chi connectivity index (χ4n) is 1.31. The van der Waals surface area contributed by atoms with Crippen molar-refractivity contribution in [1.29, 1.82) is 0 Å². The van der Waals surface area contributed by atoms with E-state index >= 15 is 0 Å². The third-order valence-electron chi connectivity index (χ3n) is 2.13. The average Bonchev–Trinajstić information content (AvgIpc) is 2.21. The highest BCUT2D eigenvalue weighted by Gasteiger charge is 2.11. The molecule has 3 nitrogen and oxygen atoms in total. The maximum absolute atomic E-state index is 11.4. The summed E-state index contributed by atoms with van der Waals surface area (Å²) in [6.07, 6.45) is -0.633. The molecule has 0 saturated heterocycles. The van der Waals surface area contributed by atoms with Crippen LogP contribution < -0.4 is 4.74 Å². The Morgan fingerprint density at radius 3 is 2.31 bits per heavy atom. The number of hydrogen-bond acceptors (Lipinski definition) is 3. The zero-order valence-corrected chi connectivity index (χ0v) is 10.2. The second-order valence-corrected chi connectivity index (χ2v) is 4.28. The molecule has 0 atom stereocenters. The second kappa shape index (κ2) is 5.54. The van der Waals surface area contributed by atoms with Crippen molar-refractivity contribution in [1.82, 2.24) is 0 Å². The van der Waals surface area contributed by atoms with Gasteiger partial charge in [-0.2, -0.15) is 0 Å². The molecule has 0 amide bonds. The monoisotopic (exact) mass is 222 g/mol. The third-order valence-corrected chi connectivity index (χ3v) is 2.13. The van der Waals surface area contributed by atoms with E-state index in [9.17, 15) is 4.79 Å². The van der Waals surface area contributed by atoms with Gasteiger partial charge in [0.15, 0.2) is 0 Å². The summed E-state index contributed by atoms with van der Waals surface area (Å²) in [6.45, 7) is 8.14. The van der Waals surface area contributed by atoms with Crippen LogP contribution in [0, 0.1) is 19.8 Å². The Kier molecular flexibility index (Phi) is 4.35. The van der Waals surface area contributed by atoms with Gasteiger partial charge in [0, 0.05) is 0 Å². The summed E-state index contributed by atoms with van der Waals surface area (Å²) in [4.78, 5) is 11.4. The minimum atomic E-state index is -0.633. The van der Waals surface area contributed by atoms with Gasteiger partial charge < -0.3 is 9.47 Å². The molecule has 3 heteroatoms. The highest BCUT2D eigenvalue weighted by atomic mass is 16.7. The first-order valence-electron chi connectivity index (χ1n) is 5.41. The van der Waals surface area contributed by atoms with Crippen molar-refractivity contribution >= 4 is 6.16 Å². The molecule has 0 aliphatic heterocycles. The molecular weight excluding hydrogens is 204 g/mol. The number of para-hydroxylation sites is 1. The molecule has 1 rings (SSSR count). The molecule has 0 unspecified atom stereocenters. The van der Waals surface area contributed by atoms with Crippen molar-refractivity contribution in [3.05, 3.63) is 29.3 Å². The molecule has 0 fully saturated rings. The molecule has 0 aliphatic rings. The van der Waals surface area contributed by atoms with Crippen molar-refractivity contribution in [2.24, 2.45) is 5.92 Å². The lowest BCUT2D eigenvalue weighted by molar-refractivity contribution is 0.0881. The lowest BCUT2D eigenvalue weighted by Crippen LogP contribution is -2.15. The van der Waals surface area contributed by atoms with Crippen molar-refractivity contribution in [3.8, 4) is 5.75 Å². The summed E-state index contributed by atoms with van der Waals surface area (Å²) < 4.78 is 10.1. The smallest absolute Gasteiger partial charge is 0.434 e. The van der Waals surface area contributed by atoms with Crippen LogP contribution in [0.4, 0.5) is 4.79 Å². The molecule has 0 spiro atoms. The van der Waals surface area contributed by atoms with Gasteiger partial charge >= 0.3 is 6.16 Å². The predicted molar refractivity (Wildman–Crippen MR) is 62.7 cm³/mol. The Labute approximate surface area is 96.4 Å². The maximum atomic E-state index is 11.4. The zero-order chi connectivity index (χ0) is 12.1. The van der Waals surface area contributed by atoms with Gasteiger partial charge in [-0.15, -0.1) is 0 Å². The molecule has 16 heavy (non-hydrogen) atoms. The van der Waals surface area contributed by atoms with E-state index in [4.69, 9.17) is 9.47 Å². The second-order valence-electron chi connectivity index (χ2n) is 4.28. The fourth-order valence-corrected chi connectivity index (χ4v) is 1.31. The number of rotatable bonds is 3. The van der Waals surface area contributed by atoms with Crippen molar-refractivity contribution in [3.63, 3.8) is 0 Å². The van der Waals surface area contributed by atoms with E-state index in [0.29, 0.717) is 18.3 Å². The van der Waals surface area contributed by atoms with Crippen LogP contribution in [0.25, 0.3) is 0 Å². The van der Waals surface area contributed by atoms with Gasteiger partial charge in [-0.25, -0.2) is 4.79 Å². The van der Waals surface area contributed by atoms with Gasteiger partial charge in [-0.1, -0.05) is 32.0 Å². The number of benzene rings is 1. The quantitative estimate of drug-likeness (QED) is 0.580. The van der Waals surface area contributed by atoms with Crippen LogP contribution in [0.2, 0.25) is 0 Å². The van der Waals surface area contributed by atoms with Crippen LogP contribution in [0.1, 0.15) is 25.0 Å². The van der Waals surface area contributed by atoms with E-state index in [1.807, 2.05) is 45.9 Å². The number of carbonyl (C=O) groups is 1. The summed E-state index contributed by atoms with van der Waals surface area (Å²) in [6, 6.07) is 5.73. The van der Waals surface area contributed by atoms with Crippen molar-refractivity contribution in [2.45, 2.75) is 27.7 Å². The number of hydrogen-bond donors (Lipinski definition) is 0. The Hall–Kier alpha value is -1.51. The van der Waals surface area contributed by atoms with Crippen LogP contribution in [0.5, 0.6) is 5.75 Å². The van der Waals surface area contributed by atoms with Gasteiger partial charge in [-0.05, 0) is 30.9 Å². The van der Waals surface area contributed by atoms with Gasteiger partial charge in [0.2, 0.25) is 0 Å². The molecule has 0 saturated carbocycles. The largest absolute Gasteiger partial charge is 0.513 e. The van der Waals surface area contributed by atoms with Gasteiger partial charge in [0.25, 0.3) is 0 Å².